The van der Waals surface area contributed by atoms with Crippen LogP contribution in [0.4, 0.5) is 13.2 Å². The van der Waals surface area contributed by atoms with E-state index in [2.05, 4.69) is 5.32 Å². The summed E-state index contributed by atoms with van der Waals surface area (Å²) in [5, 5.41) is 3.16. The van der Waals surface area contributed by atoms with Crippen LogP contribution in [-0.4, -0.2) is 55.9 Å². The van der Waals surface area contributed by atoms with Crippen molar-refractivity contribution in [3.63, 3.8) is 0 Å². The van der Waals surface area contributed by atoms with Gasteiger partial charge in [0.25, 0.3) is 5.91 Å². The van der Waals surface area contributed by atoms with Crippen LogP contribution in [0.2, 0.25) is 0 Å². The maximum absolute atomic E-state index is 12.6. The first kappa shape index (κ1) is 18.5. The van der Waals surface area contributed by atoms with E-state index in [9.17, 15) is 18.0 Å². The molecule has 0 aromatic carbocycles. The van der Waals surface area contributed by atoms with Gasteiger partial charge in [-0.05, 0) is 38.8 Å². The third-order valence-corrected chi connectivity index (χ3v) is 4.44. The number of ether oxygens (including phenoxy) is 1. The normalized spacial score (nSPS) is 23.5. The summed E-state index contributed by atoms with van der Waals surface area (Å²) in [6.07, 6.45) is -3.02. The number of alkyl halides is 3. The molecule has 2 fully saturated rings. The average molecular weight is 331 g/mol. The number of piperidine rings is 2. The summed E-state index contributed by atoms with van der Waals surface area (Å²) in [5.74, 6) is -1.43. The van der Waals surface area contributed by atoms with Gasteiger partial charge in [0.1, 0.15) is 5.60 Å². The number of carbonyl (C=O) groups excluding carboxylic acids is 1. The van der Waals surface area contributed by atoms with Crippen molar-refractivity contribution in [3.8, 4) is 0 Å². The van der Waals surface area contributed by atoms with Crippen LogP contribution in [0.1, 0.15) is 25.7 Å². The molecule has 1 N–H and O–H groups in total. The molecular formula is C13H22ClF3N2O2. The van der Waals surface area contributed by atoms with Crippen molar-refractivity contribution in [2.24, 2.45) is 5.92 Å². The zero-order chi connectivity index (χ0) is 14.8. The van der Waals surface area contributed by atoms with E-state index >= 15 is 0 Å². The number of hydrogen-bond acceptors (Lipinski definition) is 3. The number of hydrogen-bond donors (Lipinski definition) is 1. The predicted molar refractivity (Wildman–Crippen MR) is 74.5 cm³/mol. The molecule has 4 nitrogen and oxygen atoms in total. The highest BCUT2D eigenvalue weighted by Crippen LogP contribution is 2.35. The second-order valence-electron chi connectivity index (χ2n) is 5.56. The second kappa shape index (κ2) is 7.15. The molecule has 0 unspecified atom stereocenters. The number of nitrogens with one attached hydrogen (secondary N) is 1. The Morgan fingerprint density at radius 3 is 2.19 bits per heavy atom. The van der Waals surface area contributed by atoms with Crippen LogP contribution in [0.25, 0.3) is 0 Å². The lowest BCUT2D eigenvalue weighted by atomic mass is 9.88. The zero-order valence-corrected chi connectivity index (χ0v) is 12.9. The highest BCUT2D eigenvalue weighted by atomic mass is 35.5. The summed E-state index contributed by atoms with van der Waals surface area (Å²) >= 11 is 0. The van der Waals surface area contributed by atoms with Crippen molar-refractivity contribution >= 4 is 18.3 Å². The van der Waals surface area contributed by atoms with Gasteiger partial charge in [-0.1, -0.05) is 0 Å². The number of methoxy groups -OCH3 is 1. The summed E-state index contributed by atoms with van der Waals surface area (Å²) in [6, 6.07) is 0. The molecule has 2 aliphatic heterocycles. The summed E-state index contributed by atoms with van der Waals surface area (Å²) in [6.45, 7) is 1.72. The number of likely N-dealkylation sites (tertiary alicyclic amines) is 1. The quantitative estimate of drug-likeness (QED) is 0.842. The lowest BCUT2D eigenvalue weighted by Gasteiger charge is -2.41. The predicted octanol–water partition coefficient (Wildman–Crippen LogP) is 1.98. The van der Waals surface area contributed by atoms with Crippen LogP contribution in [-0.2, 0) is 9.53 Å². The summed E-state index contributed by atoms with van der Waals surface area (Å²) in [7, 11) is 1.51. The van der Waals surface area contributed by atoms with Crippen molar-refractivity contribution in [2.45, 2.75) is 37.5 Å². The van der Waals surface area contributed by atoms with Crippen LogP contribution >= 0.6 is 12.4 Å². The van der Waals surface area contributed by atoms with Gasteiger partial charge in [0.15, 0.2) is 0 Å². The third kappa shape index (κ3) is 4.02. The Kier molecular flexibility index (Phi) is 6.31. The molecule has 8 heteroatoms. The number of rotatable bonds is 2. The van der Waals surface area contributed by atoms with Gasteiger partial charge in [-0.25, -0.2) is 0 Å². The van der Waals surface area contributed by atoms with Crippen LogP contribution in [0, 0.1) is 5.92 Å². The molecule has 2 saturated heterocycles. The van der Waals surface area contributed by atoms with Crippen molar-refractivity contribution in [1.82, 2.24) is 10.2 Å². The number of halogens is 4. The first-order valence-corrected chi connectivity index (χ1v) is 7.01. The molecule has 0 aromatic rings. The molecule has 0 aromatic heterocycles. The van der Waals surface area contributed by atoms with E-state index in [4.69, 9.17) is 4.74 Å². The highest BCUT2D eigenvalue weighted by Gasteiger charge is 2.46. The minimum Gasteiger partial charge on any atom is -0.368 e. The number of nitrogens with zero attached hydrogens (tertiary/aromatic N) is 1. The number of carbonyl (C=O) groups is 1. The SMILES string of the molecule is COC1(C(=O)N2CCC(C(F)(F)F)CC2)CCNCC1.Cl. The summed E-state index contributed by atoms with van der Waals surface area (Å²) < 4.78 is 43.3. The Morgan fingerprint density at radius 2 is 1.76 bits per heavy atom. The van der Waals surface area contributed by atoms with E-state index in [1.807, 2.05) is 0 Å². The Labute approximate surface area is 128 Å². The van der Waals surface area contributed by atoms with Gasteiger partial charge in [-0.15, -0.1) is 12.4 Å². The Balaban J connectivity index is 0.00000220. The molecule has 2 aliphatic rings. The molecule has 21 heavy (non-hydrogen) atoms. The van der Waals surface area contributed by atoms with Gasteiger partial charge >= 0.3 is 6.18 Å². The van der Waals surface area contributed by atoms with Crippen molar-refractivity contribution in [2.75, 3.05) is 33.3 Å². The fourth-order valence-corrected chi connectivity index (χ4v) is 3.03. The first-order valence-electron chi connectivity index (χ1n) is 7.01. The molecule has 1 amide bonds. The minimum atomic E-state index is -4.15. The van der Waals surface area contributed by atoms with Gasteiger partial charge < -0.3 is 15.0 Å². The third-order valence-electron chi connectivity index (χ3n) is 4.44. The fraction of sp³-hybridized carbons (Fsp3) is 0.923. The van der Waals surface area contributed by atoms with E-state index in [-0.39, 0.29) is 44.2 Å². The van der Waals surface area contributed by atoms with Crippen LogP contribution in [0.5, 0.6) is 0 Å². The van der Waals surface area contributed by atoms with Gasteiger partial charge in [-0.3, -0.25) is 4.79 Å². The topological polar surface area (TPSA) is 41.6 Å². The van der Waals surface area contributed by atoms with Crippen molar-refractivity contribution in [3.05, 3.63) is 0 Å². The molecule has 0 aliphatic carbocycles. The van der Waals surface area contributed by atoms with E-state index < -0.39 is 17.7 Å². The van der Waals surface area contributed by atoms with Crippen LogP contribution < -0.4 is 5.32 Å². The highest BCUT2D eigenvalue weighted by molar-refractivity contribution is 5.86. The smallest absolute Gasteiger partial charge is 0.368 e. The molecule has 0 saturated carbocycles. The molecule has 0 spiro atoms. The van der Waals surface area contributed by atoms with Crippen molar-refractivity contribution in [1.29, 1.82) is 0 Å². The minimum absolute atomic E-state index is 0. The molecule has 0 radical (unpaired) electrons. The largest absolute Gasteiger partial charge is 0.391 e. The maximum atomic E-state index is 12.6. The first-order chi connectivity index (χ1) is 9.39. The Morgan fingerprint density at radius 1 is 1.24 bits per heavy atom. The van der Waals surface area contributed by atoms with Crippen LogP contribution in [0.3, 0.4) is 0 Å². The number of amides is 1. The van der Waals surface area contributed by atoms with Gasteiger partial charge in [0, 0.05) is 20.2 Å². The fourth-order valence-electron chi connectivity index (χ4n) is 3.03. The van der Waals surface area contributed by atoms with E-state index in [0.717, 1.165) is 0 Å². The van der Waals surface area contributed by atoms with Gasteiger partial charge in [0.2, 0.25) is 0 Å². The maximum Gasteiger partial charge on any atom is 0.391 e. The zero-order valence-electron chi connectivity index (χ0n) is 12.0. The van der Waals surface area contributed by atoms with Crippen molar-refractivity contribution < 1.29 is 22.7 Å². The molecule has 0 bridgehead atoms. The van der Waals surface area contributed by atoms with E-state index in [0.29, 0.717) is 25.9 Å². The molecule has 0 atom stereocenters. The summed E-state index contributed by atoms with van der Waals surface area (Å²) in [4.78, 5) is 14.1. The average Bonchev–Trinajstić information content (AvgIpc) is 2.46. The van der Waals surface area contributed by atoms with Crippen LogP contribution in [0.15, 0.2) is 0 Å². The molecular weight excluding hydrogens is 309 g/mol. The standard InChI is InChI=1S/C13H21F3N2O2.ClH/c1-20-12(4-6-17-7-5-12)11(19)18-8-2-10(3-9-18)13(14,15)16;/h10,17H,2-9H2,1H3;1H. The molecule has 2 heterocycles. The Bertz CT molecular complexity index is 352. The van der Waals surface area contributed by atoms with Gasteiger partial charge in [-0.2, -0.15) is 13.2 Å². The molecule has 2 rings (SSSR count). The monoisotopic (exact) mass is 330 g/mol. The molecule has 124 valence electrons. The lowest BCUT2D eigenvalue weighted by Crippen LogP contribution is -2.57. The van der Waals surface area contributed by atoms with Gasteiger partial charge in [0.05, 0.1) is 5.92 Å². The Hall–Kier alpha value is -0.530. The summed E-state index contributed by atoms with van der Waals surface area (Å²) in [5.41, 5.74) is -0.851. The van der Waals surface area contributed by atoms with E-state index in [1.54, 1.807) is 0 Å². The second-order valence-corrected chi connectivity index (χ2v) is 5.56. The van der Waals surface area contributed by atoms with E-state index in [1.165, 1.54) is 12.0 Å². The lowest BCUT2D eigenvalue weighted by molar-refractivity contribution is -0.190.